The minimum atomic E-state index is -0.747. The van der Waals surface area contributed by atoms with Crippen LogP contribution in [0.15, 0.2) is 189 Å². The number of nitrogens with one attached hydrogen (secondary N) is 4. The fourth-order valence-corrected chi connectivity index (χ4v) is 3.89. The number of carbonyl (C=O) groups is 2. The first kappa shape index (κ1) is 43.8. The van der Waals surface area contributed by atoms with Gasteiger partial charge in [0.05, 0.1) is 11.5 Å². The zero-order valence-electron chi connectivity index (χ0n) is 29.3. The number of hydrogen-bond donors (Lipinski definition) is 8. The molecule has 0 fully saturated rings. The number of rotatable bonds is 12. The van der Waals surface area contributed by atoms with E-state index in [1.165, 1.54) is 13.8 Å². The molecule has 4 aromatic rings. The molecule has 0 bridgehead atoms. The van der Waals surface area contributed by atoms with Crippen molar-refractivity contribution >= 4 is 46.2 Å². The van der Waals surface area contributed by atoms with Crippen molar-refractivity contribution in [3.05, 3.63) is 179 Å². The molecule has 0 radical (unpaired) electrons. The van der Waals surface area contributed by atoms with Gasteiger partial charge < -0.3 is 62.7 Å². The number of allylic oxidation sites excluding steroid dienone is 2. The maximum Gasteiger partial charge on any atom is 2.00 e. The summed E-state index contributed by atoms with van der Waals surface area (Å²) >= 11 is 0. The molecule has 8 N–H and O–H groups in total. The molecule has 0 aliphatic rings. The van der Waals surface area contributed by atoms with Crippen molar-refractivity contribution in [1.82, 2.24) is 0 Å². The third kappa shape index (κ3) is 16.7. The summed E-state index contributed by atoms with van der Waals surface area (Å²) in [5, 5.41) is 82.5. The number of anilines is 4. The number of nitrogens with zero attached hydrogens (tertiary/aromatic N) is 6. The first-order valence-corrected chi connectivity index (χ1v) is 15.8. The van der Waals surface area contributed by atoms with Crippen LogP contribution in [-0.2, 0) is 26.7 Å². The Hall–Kier alpha value is -7.36. The standard InChI is InChI=1S/2C19H18N5O3.Fe/c2*1-13(25)12-16(20)23-24-17(18(26)21-14-8-4-2-5-9-14)19(27)22-15-10-6-3-7-11-15;/h2*2-12,21,25-26H,1H3,(H,22,27);/q2*-1;+2/b2*13-12-,18-17-,24-23?;. The number of amides is 2. The van der Waals surface area contributed by atoms with Gasteiger partial charge in [-0.3, -0.25) is 9.59 Å². The zero-order chi connectivity index (χ0) is 39.3. The molecule has 0 heterocycles. The van der Waals surface area contributed by atoms with E-state index in [0.717, 1.165) is 12.2 Å². The van der Waals surface area contributed by atoms with Crippen molar-refractivity contribution in [1.29, 1.82) is 0 Å². The molecule has 0 aliphatic carbocycles. The zero-order valence-corrected chi connectivity index (χ0v) is 30.4. The summed E-state index contributed by atoms with van der Waals surface area (Å²) in [6, 6.07) is 34.5. The fourth-order valence-electron chi connectivity index (χ4n) is 3.89. The van der Waals surface area contributed by atoms with Crippen molar-refractivity contribution < 1.29 is 47.1 Å². The molecule has 0 unspecified atom stereocenters. The smallest absolute Gasteiger partial charge is 0.513 e. The molecule has 55 heavy (non-hydrogen) atoms. The largest absolute Gasteiger partial charge is 2.00 e. The van der Waals surface area contributed by atoms with Gasteiger partial charge in [-0.1, -0.05) is 72.8 Å². The van der Waals surface area contributed by atoms with E-state index in [9.17, 15) is 30.6 Å². The summed E-state index contributed by atoms with van der Waals surface area (Å²) in [4.78, 5) is 25.0. The molecule has 0 aliphatic heterocycles. The monoisotopic (exact) mass is 784 g/mol. The molecule has 0 saturated carbocycles. The van der Waals surface area contributed by atoms with Crippen molar-refractivity contribution in [2.45, 2.75) is 13.8 Å². The van der Waals surface area contributed by atoms with Gasteiger partial charge >= 0.3 is 17.1 Å². The molecule has 2 amide bonds. The summed E-state index contributed by atoms with van der Waals surface area (Å²) in [6.07, 6.45) is 1.88. The first-order valence-electron chi connectivity index (χ1n) is 15.8. The van der Waals surface area contributed by atoms with Gasteiger partial charge in [0, 0.05) is 22.7 Å². The first-order chi connectivity index (χ1) is 25.9. The number of hydrogen-bond acceptors (Lipinski definition) is 10. The van der Waals surface area contributed by atoms with E-state index < -0.39 is 46.6 Å². The number of aliphatic hydroxyl groups is 4. The third-order valence-corrected chi connectivity index (χ3v) is 6.20. The van der Waals surface area contributed by atoms with Crippen LogP contribution in [0, 0.1) is 0 Å². The average molecular weight is 785 g/mol. The van der Waals surface area contributed by atoms with Crippen LogP contribution in [0.25, 0.3) is 10.8 Å². The molecule has 0 atom stereocenters. The van der Waals surface area contributed by atoms with E-state index in [1.807, 2.05) is 0 Å². The number of benzene rings is 4. The second-order valence-corrected chi connectivity index (χ2v) is 10.7. The van der Waals surface area contributed by atoms with Crippen molar-refractivity contribution in [2.24, 2.45) is 20.5 Å². The Bertz CT molecular complexity index is 1930. The quantitative estimate of drug-likeness (QED) is 0.0172. The van der Waals surface area contributed by atoms with E-state index in [4.69, 9.17) is 10.2 Å². The number of amidine groups is 2. The number of azo groups is 2. The van der Waals surface area contributed by atoms with Crippen LogP contribution in [0.4, 0.5) is 22.7 Å². The number of carbonyl (C=O) groups excluding carboxylic acids is 2. The normalized spacial score (nSPS) is 12.2. The molecule has 16 nitrogen and oxygen atoms in total. The topological polar surface area (TPSA) is 257 Å². The van der Waals surface area contributed by atoms with Crippen LogP contribution < -0.4 is 21.3 Å². The summed E-state index contributed by atoms with van der Waals surface area (Å²) in [6.45, 7) is 2.66. The van der Waals surface area contributed by atoms with E-state index in [0.29, 0.717) is 22.7 Å². The van der Waals surface area contributed by atoms with Gasteiger partial charge in [-0.25, -0.2) is 10.2 Å². The van der Waals surface area contributed by atoms with Gasteiger partial charge in [0.15, 0.2) is 11.4 Å². The second-order valence-electron chi connectivity index (χ2n) is 10.7. The molecule has 17 heteroatoms. The summed E-state index contributed by atoms with van der Waals surface area (Å²) < 4.78 is 0. The van der Waals surface area contributed by atoms with Crippen molar-refractivity contribution in [3.8, 4) is 0 Å². The Morgan fingerprint density at radius 1 is 0.473 bits per heavy atom. The summed E-state index contributed by atoms with van der Waals surface area (Å²) in [7, 11) is 0. The maximum absolute atomic E-state index is 12.5. The molecule has 282 valence electrons. The minimum Gasteiger partial charge on any atom is -0.513 e. The average Bonchev–Trinajstić information content (AvgIpc) is 3.13. The van der Waals surface area contributed by atoms with E-state index in [1.54, 1.807) is 121 Å². The molecule has 0 spiro atoms. The SMILES string of the molecule is C/C(O)=C/C(=[N-])N=N/C(C(=O)Nc1ccccc1)=C(\O)Nc1ccccc1.C/C(O)=C/C(=[N-])N=N/C(C(=O)Nc1ccccc1)=C(\O)Nc1ccccc1.[Fe+2]. The van der Waals surface area contributed by atoms with Crippen LogP contribution in [0.5, 0.6) is 0 Å². The predicted octanol–water partition coefficient (Wildman–Crippen LogP) is 8.69. The Kier molecular flexibility index (Phi) is 18.5. The van der Waals surface area contributed by atoms with Crippen LogP contribution in [0.2, 0.25) is 0 Å². The predicted molar refractivity (Wildman–Crippen MR) is 209 cm³/mol. The molecule has 0 saturated heterocycles. The van der Waals surface area contributed by atoms with Gasteiger partial charge in [-0.2, -0.15) is 0 Å². The van der Waals surface area contributed by atoms with Crippen LogP contribution in [0.1, 0.15) is 13.8 Å². The van der Waals surface area contributed by atoms with Crippen LogP contribution >= 0.6 is 0 Å². The Balaban J connectivity index is 0.000000373. The van der Waals surface area contributed by atoms with Gasteiger partial charge in [0.25, 0.3) is 11.8 Å². The maximum atomic E-state index is 12.5. The Labute approximate surface area is 327 Å². The minimum absolute atomic E-state index is 0. The summed E-state index contributed by atoms with van der Waals surface area (Å²) in [5.74, 6) is -4.27. The van der Waals surface area contributed by atoms with E-state index in [-0.39, 0.29) is 28.6 Å². The van der Waals surface area contributed by atoms with E-state index in [2.05, 4.69) is 41.7 Å². The third-order valence-electron chi connectivity index (χ3n) is 6.20. The molecule has 4 aromatic carbocycles. The molecular formula is C38H36FeN10O6. The van der Waals surface area contributed by atoms with Crippen molar-refractivity contribution in [2.75, 3.05) is 21.3 Å². The molecule has 0 aromatic heterocycles. The van der Waals surface area contributed by atoms with Gasteiger partial charge in [0.2, 0.25) is 11.8 Å². The van der Waals surface area contributed by atoms with E-state index >= 15 is 0 Å². The van der Waals surface area contributed by atoms with Gasteiger partial charge in [-0.05, 0) is 86.2 Å². The number of para-hydroxylation sites is 4. The number of aliphatic hydroxyl groups excluding tert-OH is 4. The Morgan fingerprint density at radius 3 is 0.982 bits per heavy atom. The Morgan fingerprint density at radius 2 is 0.727 bits per heavy atom. The fraction of sp³-hybridized carbons (Fsp3) is 0.0526. The van der Waals surface area contributed by atoms with Crippen LogP contribution in [-0.4, -0.2) is 43.9 Å². The summed E-state index contributed by atoms with van der Waals surface area (Å²) in [5.41, 5.74) is 1.10. The van der Waals surface area contributed by atoms with Gasteiger partial charge in [0.1, 0.15) is 0 Å². The van der Waals surface area contributed by atoms with Crippen molar-refractivity contribution in [3.63, 3.8) is 0 Å². The van der Waals surface area contributed by atoms with Gasteiger partial charge in [-0.15, -0.1) is 0 Å². The van der Waals surface area contributed by atoms with Crippen LogP contribution in [0.3, 0.4) is 0 Å². The molecular weight excluding hydrogens is 748 g/mol. The second kappa shape index (κ2) is 23.3. The molecule has 4 rings (SSSR count).